The molecule has 1 rings (SSSR count). The van der Waals surface area contributed by atoms with Crippen LogP contribution in [0.25, 0.3) is 0 Å². The van der Waals surface area contributed by atoms with Gasteiger partial charge < -0.3 is 9.05 Å². The number of hydrogen-bond donors (Lipinski definition) is 0. The van der Waals surface area contributed by atoms with Gasteiger partial charge in [-0.15, -0.1) is 0 Å². The van der Waals surface area contributed by atoms with Crippen LogP contribution in [0.2, 0.25) is 0 Å². The molecule has 0 aromatic heterocycles. The average molecular weight is 327 g/mol. The quantitative estimate of drug-likeness (QED) is 0.625. The molecule has 0 aliphatic rings. The van der Waals surface area contributed by atoms with Crippen LogP contribution in [0, 0.1) is 0 Å². The van der Waals surface area contributed by atoms with E-state index < -0.39 is 7.60 Å². The van der Waals surface area contributed by atoms with Gasteiger partial charge in [0.25, 0.3) is 0 Å². The normalized spacial score (nSPS) is 14.3. The SMILES string of the molecule is CCOP(=O)(CN(C(C)c1ccccc1)C(C)(C)C)OCC. The first-order valence-corrected chi connectivity index (χ1v) is 9.66. The molecule has 5 heteroatoms. The highest BCUT2D eigenvalue weighted by molar-refractivity contribution is 7.53. The van der Waals surface area contributed by atoms with E-state index in [1.807, 2.05) is 32.0 Å². The Bertz CT molecular complexity index is 474. The van der Waals surface area contributed by atoms with E-state index in [9.17, 15) is 4.57 Å². The van der Waals surface area contributed by atoms with E-state index >= 15 is 0 Å². The molecule has 1 atom stereocenters. The van der Waals surface area contributed by atoms with E-state index in [0.29, 0.717) is 13.2 Å². The third-order valence-corrected chi connectivity index (χ3v) is 5.54. The lowest BCUT2D eigenvalue weighted by Gasteiger charge is -2.41. The maximum atomic E-state index is 12.9. The molecule has 22 heavy (non-hydrogen) atoms. The molecule has 0 radical (unpaired) electrons. The van der Waals surface area contributed by atoms with Gasteiger partial charge in [-0.3, -0.25) is 9.46 Å². The monoisotopic (exact) mass is 327 g/mol. The minimum Gasteiger partial charge on any atom is -0.308 e. The number of nitrogens with zero attached hydrogens (tertiary/aromatic N) is 1. The number of hydrogen-bond acceptors (Lipinski definition) is 4. The predicted molar refractivity (Wildman–Crippen MR) is 92.2 cm³/mol. The van der Waals surface area contributed by atoms with Crippen molar-refractivity contribution in [3.63, 3.8) is 0 Å². The Kier molecular flexibility index (Phi) is 7.27. The van der Waals surface area contributed by atoms with Crippen molar-refractivity contribution in [3.8, 4) is 0 Å². The number of rotatable bonds is 8. The van der Waals surface area contributed by atoms with Crippen molar-refractivity contribution in [2.45, 2.75) is 53.1 Å². The molecule has 0 saturated heterocycles. The minimum atomic E-state index is -3.12. The van der Waals surface area contributed by atoms with Crippen molar-refractivity contribution < 1.29 is 13.6 Å². The predicted octanol–water partition coefficient (Wildman–Crippen LogP) is 5.07. The molecule has 4 nitrogen and oxygen atoms in total. The highest BCUT2D eigenvalue weighted by Gasteiger charge is 2.35. The molecule has 0 bridgehead atoms. The topological polar surface area (TPSA) is 38.8 Å². The van der Waals surface area contributed by atoms with E-state index in [4.69, 9.17) is 9.05 Å². The lowest BCUT2D eigenvalue weighted by atomic mass is 10.0. The van der Waals surface area contributed by atoms with E-state index in [1.54, 1.807) is 0 Å². The maximum absolute atomic E-state index is 12.9. The van der Waals surface area contributed by atoms with Crippen LogP contribution in [0.15, 0.2) is 30.3 Å². The van der Waals surface area contributed by atoms with Gasteiger partial charge >= 0.3 is 7.60 Å². The largest absolute Gasteiger partial charge is 0.344 e. The summed E-state index contributed by atoms with van der Waals surface area (Å²) in [5.41, 5.74) is 1.04. The van der Waals surface area contributed by atoms with E-state index in [2.05, 4.69) is 44.7 Å². The van der Waals surface area contributed by atoms with Crippen molar-refractivity contribution in [2.75, 3.05) is 19.5 Å². The Morgan fingerprint density at radius 3 is 2.00 bits per heavy atom. The van der Waals surface area contributed by atoms with Gasteiger partial charge in [0, 0.05) is 11.6 Å². The Balaban J connectivity index is 3.06. The molecule has 0 saturated carbocycles. The Morgan fingerprint density at radius 1 is 1.09 bits per heavy atom. The summed E-state index contributed by atoms with van der Waals surface area (Å²) in [6.07, 6.45) is 0.286. The average Bonchev–Trinajstić information content (AvgIpc) is 2.44. The zero-order valence-corrected chi connectivity index (χ0v) is 15.6. The third kappa shape index (κ3) is 5.51. The van der Waals surface area contributed by atoms with Gasteiger partial charge in [-0.1, -0.05) is 30.3 Å². The van der Waals surface area contributed by atoms with Crippen LogP contribution in [-0.2, 0) is 13.6 Å². The van der Waals surface area contributed by atoms with Crippen molar-refractivity contribution >= 4 is 7.60 Å². The molecule has 0 amide bonds. The molecule has 0 N–H and O–H groups in total. The first-order valence-electron chi connectivity index (χ1n) is 7.93. The summed E-state index contributed by atoms with van der Waals surface area (Å²) >= 11 is 0. The van der Waals surface area contributed by atoms with Crippen LogP contribution >= 0.6 is 7.60 Å². The van der Waals surface area contributed by atoms with Crippen LogP contribution in [-0.4, -0.2) is 29.9 Å². The van der Waals surface area contributed by atoms with Crippen LogP contribution < -0.4 is 0 Å². The number of benzene rings is 1. The Hall–Kier alpha value is -0.670. The molecule has 0 aliphatic heterocycles. The summed E-state index contributed by atoms with van der Waals surface area (Å²) < 4.78 is 23.9. The lowest BCUT2D eigenvalue weighted by molar-refractivity contribution is 0.0957. The smallest absolute Gasteiger partial charge is 0.308 e. The molecule has 0 aliphatic carbocycles. The minimum absolute atomic E-state index is 0.121. The molecular weight excluding hydrogens is 297 g/mol. The van der Waals surface area contributed by atoms with Crippen LogP contribution in [0.4, 0.5) is 0 Å². The first kappa shape index (κ1) is 19.4. The summed E-state index contributed by atoms with van der Waals surface area (Å²) in [6, 6.07) is 10.4. The molecule has 1 aromatic rings. The fourth-order valence-corrected chi connectivity index (χ4v) is 4.59. The molecule has 1 aromatic carbocycles. The fourth-order valence-electron chi connectivity index (χ4n) is 2.53. The zero-order valence-electron chi connectivity index (χ0n) is 14.7. The second-order valence-electron chi connectivity index (χ2n) is 6.32. The van der Waals surface area contributed by atoms with Gasteiger partial charge in [-0.25, -0.2) is 0 Å². The van der Waals surface area contributed by atoms with Gasteiger partial charge in [-0.05, 0) is 47.1 Å². The zero-order chi connectivity index (χ0) is 16.8. The second kappa shape index (κ2) is 8.26. The highest BCUT2D eigenvalue weighted by Crippen LogP contribution is 2.51. The van der Waals surface area contributed by atoms with Crippen molar-refractivity contribution in [3.05, 3.63) is 35.9 Å². The van der Waals surface area contributed by atoms with E-state index in [0.717, 1.165) is 0 Å². The summed E-state index contributed by atoms with van der Waals surface area (Å²) in [5, 5.41) is 0. The molecule has 0 heterocycles. The first-order chi connectivity index (χ1) is 10.2. The van der Waals surface area contributed by atoms with Crippen molar-refractivity contribution in [2.24, 2.45) is 0 Å². The van der Waals surface area contributed by atoms with Gasteiger partial charge in [0.2, 0.25) is 0 Å². The summed E-state index contributed by atoms with van der Waals surface area (Å²) in [5.74, 6) is 0. The third-order valence-electron chi connectivity index (χ3n) is 3.59. The Morgan fingerprint density at radius 2 is 1.59 bits per heavy atom. The van der Waals surface area contributed by atoms with Crippen LogP contribution in [0.5, 0.6) is 0 Å². The van der Waals surface area contributed by atoms with E-state index in [-0.39, 0.29) is 17.9 Å². The molecular formula is C17H30NO3P. The van der Waals surface area contributed by atoms with Crippen LogP contribution in [0.1, 0.15) is 53.1 Å². The summed E-state index contributed by atoms with van der Waals surface area (Å²) in [6.45, 7) is 12.9. The van der Waals surface area contributed by atoms with Gasteiger partial charge in [0.05, 0.1) is 13.2 Å². The molecule has 0 fully saturated rings. The van der Waals surface area contributed by atoms with Crippen molar-refractivity contribution in [1.29, 1.82) is 0 Å². The van der Waals surface area contributed by atoms with Crippen molar-refractivity contribution in [1.82, 2.24) is 4.90 Å². The van der Waals surface area contributed by atoms with Gasteiger partial charge in [-0.2, -0.15) is 0 Å². The fraction of sp³-hybridized carbons (Fsp3) is 0.647. The summed E-state index contributed by atoms with van der Waals surface area (Å²) in [7, 11) is -3.12. The molecule has 0 spiro atoms. The maximum Gasteiger partial charge on any atom is 0.344 e. The van der Waals surface area contributed by atoms with E-state index in [1.165, 1.54) is 5.56 Å². The lowest BCUT2D eigenvalue weighted by Crippen LogP contribution is -2.43. The standard InChI is InChI=1S/C17H30NO3P/c1-7-20-22(19,21-8-2)14-18(17(4,5)6)15(3)16-12-10-9-11-13-16/h9-13,15H,7-8,14H2,1-6H3. The molecule has 1 unspecified atom stereocenters. The van der Waals surface area contributed by atoms with Gasteiger partial charge in [0.1, 0.15) is 6.29 Å². The molecule has 126 valence electrons. The highest BCUT2D eigenvalue weighted by atomic mass is 31.2. The van der Waals surface area contributed by atoms with Crippen LogP contribution in [0.3, 0.4) is 0 Å². The Labute approximate surface area is 135 Å². The van der Waals surface area contributed by atoms with Gasteiger partial charge in [0.15, 0.2) is 0 Å². The second-order valence-corrected chi connectivity index (χ2v) is 8.34. The summed E-state index contributed by atoms with van der Waals surface area (Å²) in [4.78, 5) is 2.19.